The molecule has 1 fully saturated rings. The number of nitrogens with zero attached hydrogens (tertiary/aromatic N) is 1. The van der Waals surface area contributed by atoms with Crippen LogP contribution in [0.15, 0.2) is 78.6 Å². The Morgan fingerprint density at radius 1 is 0.971 bits per heavy atom. The van der Waals surface area contributed by atoms with Gasteiger partial charge in [-0.25, -0.2) is 0 Å². The van der Waals surface area contributed by atoms with Crippen LogP contribution in [-0.2, 0) is 6.42 Å². The monoisotopic (exact) mass is 469 g/mol. The van der Waals surface area contributed by atoms with Crippen LogP contribution in [0, 0.1) is 5.92 Å². The number of hydrogen-bond donors (Lipinski definition) is 0. The SMILES string of the molecule is COc1cccc(/C=C2\Oc3cc(OCCN4CCC(Cc5ccccc5)CC4)ccc3C2=O)c1. The molecule has 0 bridgehead atoms. The summed E-state index contributed by atoms with van der Waals surface area (Å²) in [6, 6.07) is 23.8. The number of ether oxygens (including phenoxy) is 3. The molecule has 0 amide bonds. The first-order chi connectivity index (χ1) is 17.2. The van der Waals surface area contributed by atoms with Gasteiger partial charge in [-0.3, -0.25) is 9.69 Å². The summed E-state index contributed by atoms with van der Waals surface area (Å²) in [6.07, 6.45) is 5.37. The summed E-state index contributed by atoms with van der Waals surface area (Å²) in [5.41, 5.74) is 2.85. The van der Waals surface area contributed by atoms with Crippen LogP contribution in [0.2, 0.25) is 0 Å². The zero-order valence-electron chi connectivity index (χ0n) is 20.1. The lowest BCUT2D eigenvalue weighted by molar-refractivity contribution is 0.101. The van der Waals surface area contributed by atoms with Gasteiger partial charge in [-0.05, 0) is 79.7 Å². The normalized spacial score (nSPS) is 17.3. The van der Waals surface area contributed by atoms with E-state index in [1.807, 2.05) is 36.4 Å². The van der Waals surface area contributed by atoms with Crippen LogP contribution in [0.3, 0.4) is 0 Å². The Morgan fingerprint density at radius 3 is 2.60 bits per heavy atom. The molecule has 0 radical (unpaired) electrons. The highest BCUT2D eigenvalue weighted by atomic mass is 16.5. The molecule has 0 aromatic heterocycles. The van der Waals surface area contributed by atoms with Crippen molar-refractivity contribution >= 4 is 11.9 Å². The maximum Gasteiger partial charge on any atom is 0.231 e. The number of hydrogen-bond acceptors (Lipinski definition) is 5. The number of rotatable bonds is 8. The topological polar surface area (TPSA) is 48.0 Å². The number of allylic oxidation sites excluding steroid dienone is 1. The number of Topliss-reactive ketones (excluding diaryl/α,β-unsaturated/α-hetero) is 1. The average molecular weight is 470 g/mol. The predicted molar refractivity (Wildman–Crippen MR) is 137 cm³/mol. The molecule has 2 aliphatic rings. The Balaban J connectivity index is 1.11. The first kappa shape index (κ1) is 23.2. The van der Waals surface area contributed by atoms with Gasteiger partial charge in [0.25, 0.3) is 0 Å². The van der Waals surface area contributed by atoms with E-state index in [0.717, 1.165) is 42.6 Å². The Morgan fingerprint density at radius 2 is 1.80 bits per heavy atom. The van der Waals surface area contributed by atoms with Crippen LogP contribution in [0.5, 0.6) is 17.2 Å². The molecular formula is C30H31NO4. The summed E-state index contributed by atoms with van der Waals surface area (Å²) in [5.74, 6) is 2.96. The lowest BCUT2D eigenvalue weighted by Crippen LogP contribution is -2.37. The maximum atomic E-state index is 12.8. The molecule has 0 atom stereocenters. The van der Waals surface area contributed by atoms with Gasteiger partial charge in [0.15, 0.2) is 5.76 Å². The van der Waals surface area contributed by atoms with E-state index in [-0.39, 0.29) is 5.78 Å². The van der Waals surface area contributed by atoms with Gasteiger partial charge in [-0.2, -0.15) is 0 Å². The quantitative estimate of drug-likeness (QED) is 0.399. The molecule has 180 valence electrons. The molecule has 5 nitrogen and oxygen atoms in total. The van der Waals surface area contributed by atoms with Crippen LogP contribution in [0.1, 0.15) is 34.3 Å². The third-order valence-corrected chi connectivity index (χ3v) is 6.78. The molecule has 5 rings (SSSR count). The zero-order chi connectivity index (χ0) is 24.0. The second-order valence-corrected chi connectivity index (χ2v) is 9.20. The number of likely N-dealkylation sites (tertiary alicyclic amines) is 1. The molecule has 1 saturated heterocycles. The van der Waals surface area contributed by atoms with Crippen LogP contribution in [0.4, 0.5) is 0 Å². The number of piperidine rings is 1. The summed E-state index contributed by atoms with van der Waals surface area (Å²) < 4.78 is 17.1. The number of methoxy groups -OCH3 is 1. The standard InChI is InChI=1S/C30H31NO4/c1-33-25-9-5-8-24(19-25)20-29-30(32)27-11-10-26(21-28(27)35-29)34-17-16-31-14-12-23(13-15-31)18-22-6-3-2-4-7-22/h2-11,19-21,23H,12-18H2,1H3/b29-20-. The fraction of sp³-hybridized carbons (Fsp3) is 0.300. The average Bonchev–Trinajstić information content (AvgIpc) is 3.20. The highest BCUT2D eigenvalue weighted by molar-refractivity contribution is 6.14. The second kappa shape index (κ2) is 10.8. The molecule has 0 aliphatic carbocycles. The predicted octanol–water partition coefficient (Wildman–Crippen LogP) is 5.64. The summed E-state index contributed by atoms with van der Waals surface area (Å²) in [7, 11) is 1.62. The third-order valence-electron chi connectivity index (χ3n) is 6.78. The Hall–Kier alpha value is -3.57. The molecule has 0 N–H and O–H groups in total. The van der Waals surface area contributed by atoms with Gasteiger partial charge >= 0.3 is 0 Å². The van der Waals surface area contributed by atoms with Crippen molar-refractivity contribution in [2.24, 2.45) is 5.92 Å². The highest BCUT2D eigenvalue weighted by Gasteiger charge is 2.28. The van der Waals surface area contributed by atoms with Gasteiger partial charge in [0.05, 0.1) is 12.7 Å². The molecule has 2 aliphatic heterocycles. The first-order valence-electron chi connectivity index (χ1n) is 12.3. The van der Waals surface area contributed by atoms with Crippen LogP contribution < -0.4 is 14.2 Å². The van der Waals surface area contributed by atoms with Crippen LogP contribution in [-0.4, -0.2) is 44.0 Å². The van der Waals surface area contributed by atoms with E-state index in [9.17, 15) is 4.79 Å². The molecular weight excluding hydrogens is 438 g/mol. The number of carbonyl (C=O) groups is 1. The zero-order valence-corrected chi connectivity index (χ0v) is 20.1. The summed E-state index contributed by atoms with van der Waals surface area (Å²) >= 11 is 0. The molecule has 0 unspecified atom stereocenters. The van der Waals surface area contributed by atoms with Crippen molar-refractivity contribution in [2.45, 2.75) is 19.3 Å². The Bertz CT molecular complexity index is 1200. The fourth-order valence-corrected chi connectivity index (χ4v) is 4.79. The molecule has 2 heterocycles. The van der Waals surface area contributed by atoms with Crippen molar-refractivity contribution in [3.05, 3.63) is 95.2 Å². The van der Waals surface area contributed by atoms with Gasteiger partial charge in [0, 0.05) is 12.6 Å². The number of carbonyl (C=O) groups excluding carboxylic acids is 1. The minimum atomic E-state index is -0.118. The molecule has 35 heavy (non-hydrogen) atoms. The van der Waals surface area contributed by atoms with E-state index in [4.69, 9.17) is 14.2 Å². The van der Waals surface area contributed by atoms with Crippen molar-refractivity contribution in [1.29, 1.82) is 0 Å². The van der Waals surface area contributed by atoms with Gasteiger partial charge in [-0.1, -0.05) is 42.5 Å². The Labute approximate surface area is 206 Å². The molecule has 5 heteroatoms. The van der Waals surface area contributed by atoms with E-state index in [2.05, 4.69) is 35.2 Å². The maximum absolute atomic E-state index is 12.8. The van der Waals surface area contributed by atoms with Gasteiger partial charge in [0.2, 0.25) is 5.78 Å². The van der Waals surface area contributed by atoms with Crippen molar-refractivity contribution in [1.82, 2.24) is 4.90 Å². The van der Waals surface area contributed by atoms with Crippen molar-refractivity contribution < 1.29 is 19.0 Å². The first-order valence-corrected chi connectivity index (χ1v) is 12.3. The lowest BCUT2D eigenvalue weighted by Gasteiger charge is -2.31. The van der Waals surface area contributed by atoms with Gasteiger partial charge < -0.3 is 14.2 Å². The summed E-state index contributed by atoms with van der Waals surface area (Å²) in [6.45, 7) is 3.74. The third kappa shape index (κ3) is 5.75. The minimum absolute atomic E-state index is 0.118. The molecule has 0 saturated carbocycles. The number of ketones is 1. The van der Waals surface area contributed by atoms with Crippen LogP contribution in [0.25, 0.3) is 6.08 Å². The van der Waals surface area contributed by atoms with E-state index >= 15 is 0 Å². The molecule has 3 aromatic carbocycles. The minimum Gasteiger partial charge on any atom is -0.497 e. The van der Waals surface area contributed by atoms with Crippen molar-refractivity contribution in [3.8, 4) is 17.2 Å². The Kier molecular flexibility index (Phi) is 7.15. The van der Waals surface area contributed by atoms with E-state index in [1.165, 1.54) is 24.8 Å². The van der Waals surface area contributed by atoms with E-state index in [1.54, 1.807) is 19.3 Å². The largest absolute Gasteiger partial charge is 0.497 e. The number of benzene rings is 3. The van der Waals surface area contributed by atoms with E-state index < -0.39 is 0 Å². The van der Waals surface area contributed by atoms with Crippen molar-refractivity contribution in [3.63, 3.8) is 0 Å². The highest BCUT2D eigenvalue weighted by Crippen LogP contribution is 2.35. The fourth-order valence-electron chi connectivity index (χ4n) is 4.79. The molecule has 3 aromatic rings. The van der Waals surface area contributed by atoms with Crippen LogP contribution >= 0.6 is 0 Å². The number of fused-ring (bicyclic) bond motifs is 1. The smallest absolute Gasteiger partial charge is 0.231 e. The summed E-state index contributed by atoms with van der Waals surface area (Å²) in [5, 5.41) is 0. The summed E-state index contributed by atoms with van der Waals surface area (Å²) in [4.78, 5) is 15.2. The lowest BCUT2D eigenvalue weighted by atomic mass is 9.90. The van der Waals surface area contributed by atoms with Gasteiger partial charge in [0.1, 0.15) is 23.9 Å². The van der Waals surface area contributed by atoms with Crippen molar-refractivity contribution in [2.75, 3.05) is 33.4 Å². The molecule has 0 spiro atoms. The second-order valence-electron chi connectivity index (χ2n) is 9.20. The van der Waals surface area contributed by atoms with Gasteiger partial charge in [-0.15, -0.1) is 0 Å². The van der Waals surface area contributed by atoms with E-state index in [0.29, 0.717) is 23.7 Å².